The zero-order valence-corrected chi connectivity index (χ0v) is 25.7. The molecule has 2 aromatic carbocycles. The van der Waals surface area contributed by atoms with E-state index >= 15 is 0 Å². The van der Waals surface area contributed by atoms with E-state index in [2.05, 4.69) is 51.0 Å². The van der Waals surface area contributed by atoms with Crippen molar-refractivity contribution in [1.29, 1.82) is 5.26 Å². The Kier molecular flexibility index (Phi) is 10.3. The molecule has 2 amide bonds. The molecule has 2 heterocycles. The number of piperazine rings is 1. The Morgan fingerprint density at radius 3 is 2.48 bits per heavy atom. The lowest BCUT2D eigenvalue weighted by Gasteiger charge is -2.40. The number of amides is 2. The minimum absolute atomic E-state index is 0.0789. The molecule has 0 radical (unpaired) electrons. The SMILES string of the molecule is CC.CC=NC1=C(C)C=C(Cn2ccnc2C)c2cc(Cl)ccc2C1N1CCN(C(=O)Nc2ccc(C#N)cc2)CC1. The Labute approximate surface area is 253 Å². The van der Waals surface area contributed by atoms with Crippen LogP contribution in [0.3, 0.4) is 0 Å². The van der Waals surface area contributed by atoms with Crippen LogP contribution in [-0.4, -0.2) is 57.8 Å². The van der Waals surface area contributed by atoms with E-state index in [-0.39, 0.29) is 12.1 Å². The molecule has 1 aliphatic heterocycles. The number of halogens is 1. The number of benzene rings is 2. The van der Waals surface area contributed by atoms with Crippen LogP contribution < -0.4 is 5.32 Å². The molecule has 0 saturated carbocycles. The quantitative estimate of drug-likeness (QED) is 0.325. The Balaban J connectivity index is 0.00000198. The highest BCUT2D eigenvalue weighted by Crippen LogP contribution is 2.41. The zero-order chi connectivity index (χ0) is 30.2. The highest BCUT2D eigenvalue weighted by molar-refractivity contribution is 6.30. The first-order valence-electron chi connectivity index (χ1n) is 14.4. The molecule has 1 unspecified atom stereocenters. The molecule has 9 heteroatoms. The predicted octanol–water partition coefficient (Wildman–Crippen LogP) is 7.10. The van der Waals surface area contributed by atoms with Gasteiger partial charge in [0, 0.05) is 62.0 Å². The number of hydrogen-bond acceptors (Lipinski definition) is 5. The molecule has 0 bridgehead atoms. The van der Waals surface area contributed by atoms with Crippen LogP contribution in [0.5, 0.6) is 0 Å². The van der Waals surface area contributed by atoms with Gasteiger partial charge in [0.1, 0.15) is 5.82 Å². The van der Waals surface area contributed by atoms with Gasteiger partial charge in [-0.1, -0.05) is 37.6 Å². The second-order valence-electron chi connectivity index (χ2n) is 10.0. The van der Waals surface area contributed by atoms with Crippen LogP contribution in [0.1, 0.15) is 56.3 Å². The van der Waals surface area contributed by atoms with E-state index < -0.39 is 0 Å². The van der Waals surface area contributed by atoms with Gasteiger partial charge in [-0.2, -0.15) is 5.26 Å². The van der Waals surface area contributed by atoms with Gasteiger partial charge < -0.3 is 14.8 Å². The lowest BCUT2D eigenvalue weighted by molar-refractivity contribution is 0.124. The van der Waals surface area contributed by atoms with Crippen molar-refractivity contribution >= 4 is 35.1 Å². The molecule has 3 aromatic rings. The van der Waals surface area contributed by atoms with Crippen molar-refractivity contribution in [2.24, 2.45) is 4.99 Å². The van der Waals surface area contributed by atoms with Gasteiger partial charge in [-0.15, -0.1) is 0 Å². The number of nitriles is 1. The largest absolute Gasteiger partial charge is 0.331 e. The number of imidazole rings is 1. The third kappa shape index (κ3) is 6.81. The summed E-state index contributed by atoms with van der Waals surface area (Å²) in [5.41, 5.74) is 6.74. The maximum atomic E-state index is 13.0. The van der Waals surface area contributed by atoms with Crippen LogP contribution in [0.25, 0.3) is 5.57 Å². The molecule has 1 aromatic heterocycles. The van der Waals surface area contributed by atoms with Crippen LogP contribution in [0.2, 0.25) is 5.02 Å². The maximum absolute atomic E-state index is 13.0. The zero-order valence-electron chi connectivity index (χ0n) is 24.9. The number of rotatable bonds is 5. The van der Waals surface area contributed by atoms with Gasteiger partial charge in [-0.05, 0) is 79.4 Å². The number of fused-ring (bicyclic) bond motifs is 1. The van der Waals surface area contributed by atoms with Crippen molar-refractivity contribution in [3.8, 4) is 6.07 Å². The van der Waals surface area contributed by atoms with E-state index in [1.54, 1.807) is 24.3 Å². The Morgan fingerprint density at radius 1 is 1.14 bits per heavy atom. The number of carbonyl (C=O) groups is 1. The van der Waals surface area contributed by atoms with E-state index in [9.17, 15) is 4.79 Å². The summed E-state index contributed by atoms with van der Waals surface area (Å²) in [4.78, 5) is 26.5. The standard InChI is InChI=1S/C31H32ClN7O.C2H6/c1-4-34-29-21(2)17-24(20-39-12-11-35-22(39)3)28-18-25(32)7-10-27(28)30(29)37-13-15-38(16-14-37)31(40)36-26-8-5-23(19-33)6-9-26;1-2/h4-12,17-18,30H,13-16,20H2,1-3H3,(H,36,40);1-2H3. The van der Waals surface area contributed by atoms with Crippen molar-refractivity contribution in [2.45, 2.75) is 47.2 Å². The Bertz CT molecular complexity index is 1540. The van der Waals surface area contributed by atoms with E-state index in [0.29, 0.717) is 49.0 Å². The lowest BCUT2D eigenvalue weighted by atomic mass is 9.93. The average molecular weight is 584 g/mol. The molecular weight excluding hydrogens is 546 g/mol. The summed E-state index contributed by atoms with van der Waals surface area (Å²) in [5.74, 6) is 0.953. The van der Waals surface area contributed by atoms with Gasteiger partial charge in [-0.25, -0.2) is 9.78 Å². The Morgan fingerprint density at radius 2 is 1.86 bits per heavy atom. The number of carbonyl (C=O) groups excluding carboxylic acids is 1. The summed E-state index contributed by atoms with van der Waals surface area (Å²) < 4.78 is 2.14. The fourth-order valence-electron chi connectivity index (χ4n) is 5.40. The summed E-state index contributed by atoms with van der Waals surface area (Å²) >= 11 is 6.54. The smallest absolute Gasteiger partial charge is 0.321 e. The van der Waals surface area contributed by atoms with Crippen molar-refractivity contribution in [3.63, 3.8) is 0 Å². The number of aromatic nitrogens is 2. The first-order chi connectivity index (χ1) is 20.4. The fourth-order valence-corrected chi connectivity index (χ4v) is 5.57. The molecule has 1 fully saturated rings. The first kappa shape index (κ1) is 30.8. The summed E-state index contributed by atoms with van der Waals surface area (Å²) in [7, 11) is 0. The third-order valence-corrected chi connectivity index (χ3v) is 7.71. The molecule has 8 nitrogen and oxygen atoms in total. The van der Waals surface area contributed by atoms with Crippen molar-refractivity contribution in [3.05, 3.63) is 99.7 Å². The van der Waals surface area contributed by atoms with E-state index in [0.717, 1.165) is 33.8 Å². The number of nitrogens with one attached hydrogen (secondary N) is 1. The van der Waals surface area contributed by atoms with Gasteiger partial charge in [-0.3, -0.25) is 9.89 Å². The fraction of sp³-hybridized carbons (Fsp3) is 0.333. The van der Waals surface area contributed by atoms with Crippen LogP contribution in [0.4, 0.5) is 10.5 Å². The molecule has 1 saturated heterocycles. The number of aliphatic imine (C=N–C) groups is 1. The summed E-state index contributed by atoms with van der Waals surface area (Å²) in [6.07, 6.45) is 7.88. The van der Waals surface area contributed by atoms with Crippen LogP contribution in [0, 0.1) is 18.3 Å². The molecular formula is C33H38ClN7O. The van der Waals surface area contributed by atoms with Crippen molar-refractivity contribution < 1.29 is 4.79 Å². The lowest BCUT2D eigenvalue weighted by Crippen LogP contribution is -2.51. The first-order valence-corrected chi connectivity index (χ1v) is 14.7. The molecule has 1 atom stereocenters. The predicted molar refractivity (Wildman–Crippen MR) is 171 cm³/mol. The third-order valence-electron chi connectivity index (χ3n) is 7.47. The number of aryl methyl sites for hydroxylation is 1. The van der Waals surface area contributed by atoms with Crippen molar-refractivity contribution in [1.82, 2.24) is 19.4 Å². The second-order valence-corrected chi connectivity index (χ2v) is 10.4. The molecule has 1 N–H and O–H groups in total. The molecule has 1 aliphatic carbocycles. The number of urea groups is 1. The van der Waals surface area contributed by atoms with Crippen LogP contribution >= 0.6 is 11.6 Å². The van der Waals surface area contributed by atoms with Crippen LogP contribution in [-0.2, 0) is 6.54 Å². The number of anilines is 1. The van der Waals surface area contributed by atoms with Gasteiger partial charge in [0.2, 0.25) is 0 Å². The summed E-state index contributed by atoms with van der Waals surface area (Å²) in [6.45, 7) is 13.3. The normalized spacial score (nSPS) is 17.1. The Hall–Kier alpha value is -4.19. The summed E-state index contributed by atoms with van der Waals surface area (Å²) in [6, 6.07) is 14.9. The van der Waals surface area contributed by atoms with Gasteiger partial charge in [0.15, 0.2) is 0 Å². The highest BCUT2D eigenvalue weighted by Gasteiger charge is 2.33. The minimum Gasteiger partial charge on any atom is -0.331 e. The monoisotopic (exact) mass is 583 g/mol. The van der Waals surface area contributed by atoms with Gasteiger partial charge >= 0.3 is 6.03 Å². The van der Waals surface area contributed by atoms with E-state index in [1.165, 1.54) is 0 Å². The average Bonchev–Trinajstić information content (AvgIpc) is 3.38. The molecule has 42 heavy (non-hydrogen) atoms. The molecule has 2 aliphatic rings. The number of hydrogen-bond donors (Lipinski definition) is 1. The molecule has 218 valence electrons. The van der Waals surface area contributed by atoms with E-state index in [4.69, 9.17) is 21.9 Å². The van der Waals surface area contributed by atoms with E-state index in [1.807, 2.05) is 57.3 Å². The molecule has 5 rings (SSSR count). The topological polar surface area (TPSA) is 89.6 Å². The van der Waals surface area contributed by atoms with Gasteiger partial charge in [0.25, 0.3) is 0 Å². The van der Waals surface area contributed by atoms with Gasteiger partial charge in [0.05, 0.1) is 23.4 Å². The van der Waals surface area contributed by atoms with Crippen LogP contribution in [0.15, 0.2) is 77.2 Å². The summed E-state index contributed by atoms with van der Waals surface area (Å²) in [5, 5.41) is 12.7. The number of nitrogens with zero attached hydrogens (tertiary/aromatic N) is 6. The second kappa shape index (κ2) is 14.1. The highest BCUT2D eigenvalue weighted by atomic mass is 35.5. The minimum atomic E-state index is -0.143. The maximum Gasteiger partial charge on any atom is 0.321 e. The molecule has 0 spiro atoms. The van der Waals surface area contributed by atoms with Crippen molar-refractivity contribution in [2.75, 3.05) is 31.5 Å². The number of allylic oxidation sites excluding steroid dienone is 3.